The fourth-order valence-electron chi connectivity index (χ4n) is 1.36. The van der Waals surface area contributed by atoms with Crippen molar-refractivity contribution in [3.8, 4) is 6.07 Å². The van der Waals surface area contributed by atoms with Crippen LogP contribution in [0.15, 0.2) is 16.6 Å². The summed E-state index contributed by atoms with van der Waals surface area (Å²) in [5.74, 6) is -0.468. The maximum atomic E-state index is 11.5. The fraction of sp³-hybridized carbons (Fsp3) is 0.273. The lowest BCUT2D eigenvalue weighted by atomic mass is 10.00. The zero-order valence-corrected chi connectivity index (χ0v) is 10.1. The number of methoxy groups -OCH3 is 1. The molecule has 1 aromatic rings. The van der Waals surface area contributed by atoms with E-state index in [2.05, 4.69) is 20.7 Å². The molecule has 0 radical (unpaired) electrons. The standard InChI is InChI=1S/C11H10BrNO2/c1-3-7-4-5-9(12)8(6-13)10(7)11(14)15-2/h4-5H,3H2,1-2H3. The van der Waals surface area contributed by atoms with Gasteiger partial charge in [0, 0.05) is 4.47 Å². The number of benzene rings is 1. The summed E-state index contributed by atoms with van der Waals surface area (Å²) in [6.45, 7) is 1.93. The highest BCUT2D eigenvalue weighted by Crippen LogP contribution is 2.24. The van der Waals surface area contributed by atoms with E-state index in [-0.39, 0.29) is 0 Å². The smallest absolute Gasteiger partial charge is 0.339 e. The summed E-state index contributed by atoms with van der Waals surface area (Å²) in [4.78, 5) is 11.5. The maximum absolute atomic E-state index is 11.5. The summed E-state index contributed by atoms with van der Waals surface area (Å²) in [5.41, 5.74) is 1.51. The Morgan fingerprint density at radius 3 is 2.73 bits per heavy atom. The average molecular weight is 268 g/mol. The average Bonchev–Trinajstić information content (AvgIpc) is 2.27. The summed E-state index contributed by atoms with van der Waals surface area (Å²) >= 11 is 3.24. The Hall–Kier alpha value is -1.34. The molecule has 0 atom stereocenters. The number of hydrogen-bond donors (Lipinski definition) is 0. The topological polar surface area (TPSA) is 50.1 Å². The SMILES string of the molecule is CCc1ccc(Br)c(C#N)c1C(=O)OC. The van der Waals surface area contributed by atoms with E-state index in [0.29, 0.717) is 22.0 Å². The van der Waals surface area contributed by atoms with Gasteiger partial charge in [0.2, 0.25) is 0 Å². The Kier molecular flexibility index (Phi) is 3.87. The molecule has 0 unspecified atom stereocenters. The van der Waals surface area contributed by atoms with Gasteiger partial charge in [-0.15, -0.1) is 0 Å². The number of aryl methyl sites for hydroxylation is 1. The van der Waals surface area contributed by atoms with E-state index in [1.54, 1.807) is 6.07 Å². The minimum absolute atomic E-state index is 0.334. The van der Waals surface area contributed by atoms with Gasteiger partial charge >= 0.3 is 5.97 Å². The lowest BCUT2D eigenvalue weighted by Crippen LogP contribution is -2.08. The lowest BCUT2D eigenvalue weighted by Gasteiger charge is -2.08. The van der Waals surface area contributed by atoms with E-state index in [0.717, 1.165) is 5.56 Å². The van der Waals surface area contributed by atoms with Gasteiger partial charge in [0.25, 0.3) is 0 Å². The number of esters is 1. The van der Waals surface area contributed by atoms with Crippen molar-refractivity contribution in [3.63, 3.8) is 0 Å². The fourth-order valence-corrected chi connectivity index (χ4v) is 1.78. The molecule has 4 heteroatoms. The quantitative estimate of drug-likeness (QED) is 0.775. The Bertz CT molecular complexity index is 435. The van der Waals surface area contributed by atoms with Crippen LogP contribution in [0.3, 0.4) is 0 Å². The van der Waals surface area contributed by atoms with Gasteiger partial charge in [0.15, 0.2) is 0 Å². The third-order valence-corrected chi connectivity index (χ3v) is 2.78. The van der Waals surface area contributed by atoms with Gasteiger partial charge in [-0.25, -0.2) is 4.79 Å². The Balaban J connectivity index is 3.49. The van der Waals surface area contributed by atoms with E-state index in [9.17, 15) is 4.79 Å². The molecular formula is C11H10BrNO2. The van der Waals surface area contributed by atoms with E-state index in [4.69, 9.17) is 5.26 Å². The highest BCUT2D eigenvalue weighted by Gasteiger charge is 2.18. The molecule has 0 saturated heterocycles. The Morgan fingerprint density at radius 2 is 2.27 bits per heavy atom. The van der Waals surface area contributed by atoms with Crippen LogP contribution in [0.4, 0.5) is 0 Å². The first-order valence-corrected chi connectivity index (χ1v) is 5.24. The third kappa shape index (κ3) is 2.18. The molecule has 1 aromatic carbocycles. The normalized spacial score (nSPS) is 9.47. The first-order chi connectivity index (χ1) is 7.15. The van der Waals surface area contributed by atoms with Crippen molar-refractivity contribution in [1.82, 2.24) is 0 Å². The Morgan fingerprint density at radius 1 is 1.60 bits per heavy atom. The van der Waals surface area contributed by atoms with Crippen LogP contribution in [0.25, 0.3) is 0 Å². The largest absolute Gasteiger partial charge is 0.465 e. The first kappa shape index (κ1) is 11.7. The van der Waals surface area contributed by atoms with Crippen LogP contribution in [0, 0.1) is 11.3 Å². The molecule has 0 aromatic heterocycles. The highest BCUT2D eigenvalue weighted by molar-refractivity contribution is 9.10. The van der Waals surface area contributed by atoms with Crippen molar-refractivity contribution in [2.45, 2.75) is 13.3 Å². The minimum Gasteiger partial charge on any atom is -0.465 e. The Labute approximate surface area is 96.8 Å². The van der Waals surface area contributed by atoms with Gasteiger partial charge in [0.1, 0.15) is 6.07 Å². The summed E-state index contributed by atoms with van der Waals surface area (Å²) in [7, 11) is 1.31. The zero-order chi connectivity index (χ0) is 11.4. The molecule has 0 spiro atoms. The van der Waals surface area contributed by atoms with Crippen LogP contribution in [-0.2, 0) is 11.2 Å². The molecule has 0 aliphatic carbocycles. The van der Waals surface area contributed by atoms with Crippen molar-refractivity contribution < 1.29 is 9.53 Å². The number of carbonyl (C=O) groups is 1. The van der Waals surface area contributed by atoms with Gasteiger partial charge in [-0.3, -0.25) is 0 Å². The number of nitriles is 1. The zero-order valence-electron chi connectivity index (χ0n) is 8.50. The summed E-state index contributed by atoms with van der Waals surface area (Å²) in [6, 6.07) is 5.59. The number of hydrogen-bond acceptors (Lipinski definition) is 3. The molecule has 3 nitrogen and oxygen atoms in total. The molecule has 0 amide bonds. The molecule has 0 N–H and O–H groups in total. The van der Waals surface area contributed by atoms with Gasteiger partial charge < -0.3 is 4.74 Å². The molecule has 78 valence electrons. The molecule has 0 aliphatic rings. The van der Waals surface area contributed by atoms with Crippen molar-refractivity contribution >= 4 is 21.9 Å². The van der Waals surface area contributed by atoms with E-state index in [1.807, 2.05) is 19.1 Å². The number of ether oxygens (including phenoxy) is 1. The van der Waals surface area contributed by atoms with Gasteiger partial charge in [0.05, 0.1) is 18.2 Å². The molecule has 0 fully saturated rings. The predicted molar refractivity (Wildman–Crippen MR) is 59.6 cm³/mol. The van der Waals surface area contributed by atoms with E-state index < -0.39 is 5.97 Å². The molecule has 0 saturated carbocycles. The van der Waals surface area contributed by atoms with Crippen LogP contribution in [0.5, 0.6) is 0 Å². The summed E-state index contributed by atoms with van der Waals surface area (Å²) in [5, 5.41) is 8.98. The summed E-state index contributed by atoms with van der Waals surface area (Å²) in [6.07, 6.45) is 0.687. The molecule has 15 heavy (non-hydrogen) atoms. The number of carbonyl (C=O) groups excluding carboxylic acids is 1. The highest BCUT2D eigenvalue weighted by atomic mass is 79.9. The monoisotopic (exact) mass is 267 g/mol. The second-order valence-corrected chi connectivity index (χ2v) is 3.77. The van der Waals surface area contributed by atoms with Crippen LogP contribution < -0.4 is 0 Å². The number of nitrogens with zero attached hydrogens (tertiary/aromatic N) is 1. The van der Waals surface area contributed by atoms with Crippen molar-refractivity contribution in [2.75, 3.05) is 7.11 Å². The lowest BCUT2D eigenvalue weighted by molar-refractivity contribution is 0.0599. The molecular weight excluding hydrogens is 258 g/mol. The third-order valence-electron chi connectivity index (χ3n) is 2.12. The van der Waals surface area contributed by atoms with Crippen LogP contribution in [0.2, 0.25) is 0 Å². The first-order valence-electron chi connectivity index (χ1n) is 4.45. The molecule has 0 bridgehead atoms. The number of rotatable bonds is 2. The van der Waals surface area contributed by atoms with Gasteiger partial charge in [-0.05, 0) is 34.0 Å². The van der Waals surface area contributed by atoms with Crippen LogP contribution >= 0.6 is 15.9 Å². The van der Waals surface area contributed by atoms with E-state index >= 15 is 0 Å². The van der Waals surface area contributed by atoms with Crippen molar-refractivity contribution in [1.29, 1.82) is 5.26 Å². The molecule has 0 heterocycles. The second kappa shape index (κ2) is 4.94. The maximum Gasteiger partial charge on any atom is 0.339 e. The van der Waals surface area contributed by atoms with Crippen molar-refractivity contribution in [3.05, 3.63) is 33.3 Å². The number of halogens is 1. The minimum atomic E-state index is -0.468. The second-order valence-electron chi connectivity index (χ2n) is 2.91. The van der Waals surface area contributed by atoms with Crippen molar-refractivity contribution in [2.24, 2.45) is 0 Å². The van der Waals surface area contributed by atoms with Crippen LogP contribution in [-0.4, -0.2) is 13.1 Å². The van der Waals surface area contributed by atoms with Gasteiger partial charge in [-0.2, -0.15) is 5.26 Å². The molecule has 0 aliphatic heterocycles. The predicted octanol–water partition coefficient (Wildman–Crippen LogP) is 2.67. The summed E-state index contributed by atoms with van der Waals surface area (Å²) < 4.78 is 5.28. The molecule has 1 rings (SSSR count). The van der Waals surface area contributed by atoms with Gasteiger partial charge in [-0.1, -0.05) is 13.0 Å². The van der Waals surface area contributed by atoms with Crippen LogP contribution in [0.1, 0.15) is 28.4 Å². The van der Waals surface area contributed by atoms with E-state index in [1.165, 1.54) is 7.11 Å².